The number of halogens is 1. The van der Waals surface area contributed by atoms with Gasteiger partial charge in [0.1, 0.15) is 12.4 Å². The summed E-state index contributed by atoms with van der Waals surface area (Å²) in [6.45, 7) is 0.133. The lowest BCUT2D eigenvalue weighted by atomic mass is 10.2. The number of nitrogens with zero attached hydrogens (tertiary/aromatic N) is 1. The predicted molar refractivity (Wildman–Crippen MR) is 71.2 cm³/mol. The van der Waals surface area contributed by atoms with Crippen LogP contribution >= 0.6 is 0 Å². The van der Waals surface area contributed by atoms with E-state index >= 15 is 0 Å². The molecule has 0 fully saturated rings. The fraction of sp³-hybridized carbons (Fsp3) is 0.143. The molecular formula is C14H13FN2O3. The van der Waals surface area contributed by atoms with Gasteiger partial charge < -0.3 is 15.2 Å². The normalized spacial score (nSPS) is 10.1. The monoisotopic (exact) mass is 276 g/mol. The van der Waals surface area contributed by atoms with Crippen molar-refractivity contribution >= 4 is 11.6 Å². The van der Waals surface area contributed by atoms with Crippen molar-refractivity contribution in [2.45, 2.75) is 0 Å². The molecule has 0 saturated heterocycles. The summed E-state index contributed by atoms with van der Waals surface area (Å²) in [7, 11) is 0. The third kappa shape index (κ3) is 3.52. The molecule has 0 aliphatic heterocycles. The number of benzene rings is 1. The number of nitrogens with one attached hydrogen (secondary N) is 1. The zero-order valence-corrected chi connectivity index (χ0v) is 10.5. The molecule has 0 radical (unpaired) electrons. The van der Waals surface area contributed by atoms with Gasteiger partial charge in [-0.25, -0.2) is 4.39 Å². The van der Waals surface area contributed by atoms with E-state index in [-0.39, 0.29) is 18.8 Å². The first-order chi connectivity index (χ1) is 9.70. The first kappa shape index (κ1) is 14.0. The molecule has 1 aromatic heterocycles. The van der Waals surface area contributed by atoms with E-state index in [4.69, 9.17) is 9.84 Å². The fourth-order valence-electron chi connectivity index (χ4n) is 1.56. The summed E-state index contributed by atoms with van der Waals surface area (Å²) in [5.41, 5.74) is 0.447. The lowest BCUT2D eigenvalue weighted by Gasteiger charge is -2.07. The van der Waals surface area contributed by atoms with Gasteiger partial charge in [0.2, 0.25) is 0 Å². The molecule has 20 heavy (non-hydrogen) atoms. The van der Waals surface area contributed by atoms with E-state index in [2.05, 4.69) is 10.3 Å². The number of pyridine rings is 1. The SMILES string of the molecule is O=C(Nc1ccc(OCCO)cc1)c1ccncc1F. The number of carbonyl (C=O) groups excluding carboxylic acids is 1. The van der Waals surface area contributed by atoms with Gasteiger partial charge in [-0.3, -0.25) is 9.78 Å². The van der Waals surface area contributed by atoms with Crippen molar-refractivity contribution in [3.63, 3.8) is 0 Å². The van der Waals surface area contributed by atoms with E-state index in [0.29, 0.717) is 11.4 Å². The van der Waals surface area contributed by atoms with Crippen molar-refractivity contribution in [3.8, 4) is 5.75 Å². The number of carbonyl (C=O) groups is 1. The topological polar surface area (TPSA) is 71.5 Å². The van der Waals surface area contributed by atoms with Crippen molar-refractivity contribution in [1.29, 1.82) is 0 Å². The molecule has 6 heteroatoms. The van der Waals surface area contributed by atoms with Crippen LogP contribution in [0, 0.1) is 5.82 Å². The average Bonchev–Trinajstić information content (AvgIpc) is 2.47. The van der Waals surface area contributed by atoms with Crippen LogP contribution in [-0.4, -0.2) is 29.2 Å². The van der Waals surface area contributed by atoms with Crippen LogP contribution in [0.3, 0.4) is 0 Å². The van der Waals surface area contributed by atoms with Crippen molar-refractivity contribution in [3.05, 3.63) is 54.1 Å². The number of hydrogen-bond acceptors (Lipinski definition) is 4. The van der Waals surface area contributed by atoms with E-state index in [1.165, 1.54) is 12.3 Å². The Morgan fingerprint density at radius 2 is 2.05 bits per heavy atom. The zero-order valence-electron chi connectivity index (χ0n) is 10.5. The molecule has 1 aromatic carbocycles. The standard InChI is InChI=1S/C14H13FN2O3/c15-13-9-16-6-5-12(13)14(19)17-10-1-3-11(4-2-10)20-8-7-18/h1-6,9,18H,7-8H2,(H,17,19). The fourth-order valence-corrected chi connectivity index (χ4v) is 1.56. The van der Waals surface area contributed by atoms with Crippen molar-refractivity contribution in [2.24, 2.45) is 0 Å². The van der Waals surface area contributed by atoms with Gasteiger partial charge in [-0.15, -0.1) is 0 Å². The molecule has 2 N–H and O–H groups in total. The van der Waals surface area contributed by atoms with Crippen LogP contribution in [0.5, 0.6) is 5.75 Å². The van der Waals surface area contributed by atoms with Crippen LogP contribution in [-0.2, 0) is 0 Å². The third-order valence-electron chi connectivity index (χ3n) is 2.49. The summed E-state index contributed by atoms with van der Waals surface area (Å²) in [4.78, 5) is 15.4. The number of amides is 1. The van der Waals surface area contributed by atoms with E-state index in [1.54, 1.807) is 24.3 Å². The Hall–Kier alpha value is -2.47. The van der Waals surface area contributed by atoms with Gasteiger partial charge in [0.25, 0.3) is 5.91 Å². The molecule has 1 amide bonds. The highest BCUT2D eigenvalue weighted by atomic mass is 19.1. The molecule has 0 aliphatic rings. The van der Waals surface area contributed by atoms with Crippen LogP contribution < -0.4 is 10.1 Å². The summed E-state index contributed by atoms with van der Waals surface area (Å²) >= 11 is 0. The van der Waals surface area contributed by atoms with E-state index < -0.39 is 11.7 Å². The molecule has 0 aliphatic carbocycles. The number of rotatable bonds is 5. The van der Waals surface area contributed by atoms with Gasteiger partial charge in [-0.05, 0) is 30.3 Å². The Kier molecular flexibility index (Phi) is 4.62. The van der Waals surface area contributed by atoms with Gasteiger partial charge in [-0.1, -0.05) is 0 Å². The summed E-state index contributed by atoms with van der Waals surface area (Å²) in [6, 6.07) is 7.86. The lowest BCUT2D eigenvalue weighted by Crippen LogP contribution is -2.13. The number of aromatic nitrogens is 1. The quantitative estimate of drug-likeness (QED) is 0.874. The second-order valence-corrected chi connectivity index (χ2v) is 3.91. The van der Waals surface area contributed by atoms with Crippen LogP contribution in [0.4, 0.5) is 10.1 Å². The van der Waals surface area contributed by atoms with Crippen molar-refractivity contribution in [1.82, 2.24) is 4.98 Å². The number of aliphatic hydroxyl groups excluding tert-OH is 1. The van der Waals surface area contributed by atoms with Crippen LogP contribution in [0.15, 0.2) is 42.7 Å². The average molecular weight is 276 g/mol. The maximum atomic E-state index is 13.4. The van der Waals surface area contributed by atoms with Crippen molar-refractivity contribution in [2.75, 3.05) is 18.5 Å². The Labute approximate surface area is 115 Å². The van der Waals surface area contributed by atoms with Gasteiger partial charge in [0.15, 0.2) is 5.82 Å². The molecule has 0 bridgehead atoms. The lowest BCUT2D eigenvalue weighted by molar-refractivity contribution is 0.102. The summed E-state index contributed by atoms with van der Waals surface area (Å²) < 4.78 is 18.6. The van der Waals surface area contributed by atoms with E-state index in [9.17, 15) is 9.18 Å². The minimum absolute atomic E-state index is 0.0689. The zero-order chi connectivity index (χ0) is 14.4. The second kappa shape index (κ2) is 6.63. The van der Waals surface area contributed by atoms with E-state index in [1.807, 2.05) is 0 Å². The number of hydrogen-bond donors (Lipinski definition) is 2. The largest absolute Gasteiger partial charge is 0.491 e. The van der Waals surface area contributed by atoms with Crippen LogP contribution in [0.1, 0.15) is 10.4 Å². The highest BCUT2D eigenvalue weighted by Gasteiger charge is 2.11. The molecular weight excluding hydrogens is 263 g/mol. The molecule has 0 spiro atoms. The van der Waals surface area contributed by atoms with Crippen molar-refractivity contribution < 1.29 is 19.0 Å². The summed E-state index contributed by atoms with van der Waals surface area (Å²) in [5, 5.41) is 11.2. The van der Waals surface area contributed by atoms with Gasteiger partial charge in [-0.2, -0.15) is 0 Å². The molecule has 1 heterocycles. The minimum Gasteiger partial charge on any atom is -0.491 e. The van der Waals surface area contributed by atoms with Gasteiger partial charge >= 0.3 is 0 Å². The second-order valence-electron chi connectivity index (χ2n) is 3.91. The number of anilines is 1. The maximum absolute atomic E-state index is 13.4. The molecule has 2 rings (SSSR count). The molecule has 0 saturated carbocycles. The number of ether oxygens (including phenoxy) is 1. The molecule has 0 unspecified atom stereocenters. The highest BCUT2D eigenvalue weighted by molar-refractivity contribution is 6.04. The van der Waals surface area contributed by atoms with Crippen LogP contribution in [0.2, 0.25) is 0 Å². The van der Waals surface area contributed by atoms with Gasteiger partial charge in [0.05, 0.1) is 18.4 Å². The number of aliphatic hydroxyl groups is 1. The van der Waals surface area contributed by atoms with E-state index in [0.717, 1.165) is 6.20 Å². The first-order valence-corrected chi connectivity index (χ1v) is 5.95. The van der Waals surface area contributed by atoms with Crippen LogP contribution in [0.25, 0.3) is 0 Å². The third-order valence-corrected chi connectivity index (χ3v) is 2.49. The highest BCUT2D eigenvalue weighted by Crippen LogP contribution is 2.16. The molecule has 2 aromatic rings. The molecule has 0 atom stereocenters. The summed E-state index contributed by atoms with van der Waals surface area (Å²) in [6.07, 6.45) is 2.34. The predicted octanol–water partition coefficient (Wildman–Crippen LogP) is 1.84. The Morgan fingerprint density at radius 1 is 1.30 bits per heavy atom. The smallest absolute Gasteiger partial charge is 0.258 e. The summed E-state index contributed by atoms with van der Waals surface area (Å²) in [5.74, 6) is -0.644. The Morgan fingerprint density at radius 3 is 2.70 bits per heavy atom. The Balaban J connectivity index is 2.03. The molecule has 5 nitrogen and oxygen atoms in total. The molecule has 104 valence electrons. The maximum Gasteiger partial charge on any atom is 0.258 e. The first-order valence-electron chi connectivity index (χ1n) is 5.95. The Bertz CT molecular complexity index is 587. The minimum atomic E-state index is -0.673. The van der Waals surface area contributed by atoms with Gasteiger partial charge in [0, 0.05) is 11.9 Å².